The number of anilines is 1. The molecule has 1 rings (SSSR count). The van der Waals surface area contributed by atoms with Crippen LogP contribution in [0.25, 0.3) is 0 Å². The monoisotopic (exact) mass is 350 g/mol. The van der Waals surface area contributed by atoms with Crippen LogP contribution in [0, 0.1) is 6.92 Å². The highest BCUT2D eigenvalue weighted by Crippen LogP contribution is 2.17. The van der Waals surface area contributed by atoms with Crippen LogP contribution in [-0.2, 0) is 14.6 Å². The number of hydrogen-bond donors (Lipinski definition) is 1. The first kappa shape index (κ1) is 21.1. The number of nitrogens with zero attached hydrogens (tertiary/aromatic N) is 1. The second-order valence-corrected chi connectivity index (χ2v) is 5.94. The predicted molar refractivity (Wildman–Crippen MR) is 98.5 cm³/mol. The van der Waals surface area contributed by atoms with Crippen LogP contribution < -0.4 is 5.32 Å². The van der Waals surface area contributed by atoms with Gasteiger partial charge in [0.1, 0.15) is 0 Å². The van der Waals surface area contributed by atoms with Crippen molar-refractivity contribution in [3.8, 4) is 0 Å². The van der Waals surface area contributed by atoms with Crippen molar-refractivity contribution in [1.82, 2.24) is 4.90 Å². The van der Waals surface area contributed by atoms with Crippen LogP contribution in [0.15, 0.2) is 18.2 Å². The number of rotatable bonds is 13. The van der Waals surface area contributed by atoms with Crippen molar-refractivity contribution in [3.63, 3.8) is 0 Å². The maximum Gasteiger partial charge on any atom is 0.260 e. The molecule has 0 unspecified atom stereocenters. The number of imide groups is 1. The fourth-order valence-corrected chi connectivity index (χ4v) is 2.36. The summed E-state index contributed by atoms with van der Waals surface area (Å²) in [5.41, 5.74) is 2.27. The van der Waals surface area contributed by atoms with E-state index in [1.165, 1.54) is 4.90 Å². The lowest BCUT2D eigenvalue weighted by molar-refractivity contribution is -0.294. The zero-order valence-corrected chi connectivity index (χ0v) is 15.5. The molecule has 6 heteroatoms. The van der Waals surface area contributed by atoms with Crippen molar-refractivity contribution < 1.29 is 19.4 Å². The Hall–Kier alpha value is -1.92. The average molecular weight is 350 g/mol. The highest BCUT2D eigenvalue weighted by molar-refractivity contribution is 6.01. The zero-order valence-electron chi connectivity index (χ0n) is 15.5. The summed E-state index contributed by atoms with van der Waals surface area (Å²) in [5, 5.41) is 3.01. The molecule has 0 heterocycles. The molecule has 0 radical (unpaired) electrons. The predicted octanol–water partition coefficient (Wildman–Crippen LogP) is 3.55. The summed E-state index contributed by atoms with van der Waals surface area (Å²) in [7, 11) is 1.80. The Balaban J connectivity index is 2.36. The summed E-state index contributed by atoms with van der Waals surface area (Å²) >= 11 is 0. The van der Waals surface area contributed by atoms with Gasteiger partial charge in [0.05, 0.1) is 13.2 Å². The number of unbranched alkanes of at least 4 members (excludes halogenated alkanes) is 3. The maximum atomic E-state index is 12.6. The smallest absolute Gasteiger partial charge is 0.260 e. The number of hydrogen-bond acceptors (Lipinski definition) is 5. The van der Waals surface area contributed by atoms with Gasteiger partial charge in [-0.15, -0.1) is 0 Å². The summed E-state index contributed by atoms with van der Waals surface area (Å²) < 4.78 is 0. The topological polar surface area (TPSA) is 67.9 Å². The Morgan fingerprint density at radius 2 is 1.88 bits per heavy atom. The first-order valence-corrected chi connectivity index (χ1v) is 8.93. The lowest BCUT2D eigenvalue weighted by Gasteiger charge is -2.17. The van der Waals surface area contributed by atoms with Crippen LogP contribution >= 0.6 is 0 Å². The fourth-order valence-electron chi connectivity index (χ4n) is 2.36. The molecule has 1 N–H and O–H groups in total. The van der Waals surface area contributed by atoms with Gasteiger partial charge in [-0.05, 0) is 43.9 Å². The normalized spacial score (nSPS) is 10.5. The first-order valence-electron chi connectivity index (χ1n) is 8.93. The van der Waals surface area contributed by atoms with Crippen molar-refractivity contribution in [2.45, 2.75) is 46.0 Å². The van der Waals surface area contributed by atoms with Crippen molar-refractivity contribution in [1.29, 1.82) is 0 Å². The minimum Gasteiger partial charge on any atom is -0.388 e. The van der Waals surface area contributed by atoms with Crippen molar-refractivity contribution in [3.05, 3.63) is 29.3 Å². The van der Waals surface area contributed by atoms with Crippen LogP contribution in [0.3, 0.4) is 0 Å². The Labute approximate surface area is 150 Å². The van der Waals surface area contributed by atoms with Gasteiger partial charge in [-0.1, -0.05) is 25.8 Å². The van der Waals surface area contributed by atoms with Gasteiger partial charge < -0.3 is 5.32 Å². The number of carbonyl (C=O) groups is 2. The number of aryl methyl sites for hydroxylation is 1. The van der Waals surface area contributed by atoms with E-state index >= 15 is 0 Å². The summed E-state index contributed by atoms with van der Waals surface area (Å²) in [6.07, 6.45) is 5.16. The molecule has 0 bridgehead atoms. The van der Waals surface area contributed by atoms with Crippen LogP contribution in [0.1, 0.15) is 54.9 Å². The largest absolute Gasteiger partial charge is 0.388 e. The van der Waals surface area contributed by atoms with Crippen LogP contribution in [0.2, 0.25) is 0 Å². The van der Waals surface area contributed by atoms with E-state index in [0.717, 1.165) is 43.4 Å². The summed E-state index contributed by atoms with van der Waals surface area (Å²) in [4.78, 5) is 35.1. The molecule has 6 nitrogen and oxygen atoms in total. The Kier molecular flexibility index (Phi) is 10.5. The molecular weight excluding hydrogens is 320 g/mol. The van der Waals surface area contributed by atoms with E-state index in [2.05, 4.69) is 5.32 Å². The summed E-state index contributed by atoms with van der Waals surface area (Å²) in [6.45, 7) is 5.52. The lowest BCUT2D eigenvalue weighted by Crippen LogP contribution is -2.31. The SMILES string of the molecule is CCCOOCCCCCCN(C=O)C(=O)c1cc(NC)ccc1C. The van der Waals surface area contributed by atoms with Gasteiger partial charge in [-0.25, -0.2) is 9.78 Å². The van der Waals surface area contributed by atoms with Crippen LogP contribution in [0.4, 0.5) is 5.69 Å². The van der Waals surface area contributed by atoms with E-state index in [9.17, 15) is 9.59 Å². The minimum absolute atomic E-state index is 0.249. The molecule has 1 aromatic carbocycles. The van der Waals surface area contributed by atoms with Gasteiger partial charge in [0.15, 0.2) is 0 Å². The summed E-state index contributed by atoms with van der Waals surface area (Å²) in [6, 6.07) is 5.56. The molecule has 0 saturated carbocycles. The molecule has 0 spiro atoms. The number of benzene rings is 1. The third-order valence-electron chi connectivity index (χ3n) is 3.89. The van der Waals surface area contributed by atoms with Crippen LogP contribution in [-0.4, -0.2) is 44.0 Å². The van der Waals surface area contributed by atoms with Gasteiger partial charge in [0.25, 0.3) is 5.91 Å². The second kappa shape index (κ2) is 12.4. The highest BCUT2D eigenvalue weighted by atomic mass is 17.2. The molecule has 1 aromatic rings. The van der Waals surface area contributed by atoms with E-state index in [-0.39, 0.29) is 5.91 Å². The molecular formula is C19H30N2O4. The maximum absolute atomic E-state index is 12.6. The molecule has 25 heavy (non-hydrogen) atoms. The van der Waals surface area contributed by atoms with E-state index in [4.69, 9.17) is 9.78 Å². The standard InChI is InChI=1S/C19H30N2O4/c1-4-12-24-25-13-8-6-5-7-11-21(15-22)19(23)18-14-17(20-3)10-9-16(18)2/h9-10,14-15,20H,4-8,11-13H2,1-3H3. The fraction of sp³-hybridized carbons (Fsp3) is 0.579. The molecule has 0 aliphatic rings. The molecule has 0 aliphatic heterocycles. The molecule has 0 atom stereocenters. The lowest BCUT2D eigenvalue weighted by atomic mass is 10.1. The summed E-state index contributed by atoms with van der Waals surface area (Å²) in [5.74, 6) is -0.249. The van der Waals surface area contributed by atoms with Gasteiger partial charge in [0.2, 0.25) is 6.41 Å². The Morgan fingerprint density at radius 3 is 2.56 bits per heavy atom. The molecule has 0 aromatic heterocycles. The third-order valence-corrected chi connectivity index (χ3v) is 3.89. The molecule has 0 aliphatic carbocycles. The molecule has 2 amide bonds. The third kappa shape index (κ3) is 7.67. The Bertz CT molecular complexity index is 534. The second-order valence-electron chi connectivity index (χ2n) is 5.94. The molecule has 0 saturated heterocycles. The van der Waals surface area contributed by atoms with Gasteiger partial charge in [-0.2, -0.15) is 0 Å². The average Bonchev–Trinajstić information content (AvgIpc) is 2.63. The van der Waals surface area contributed by atoms with Gasteiger partial charge in [0, 0.05) is 24.8 Å². The minimum atomic E-state index is -0.249. The molecule has 140 valence electrons. The van der Waals surface area contributed by atoms with Crippen molar-refractivity contribution in [2.75, 3.05) is 32.1 Å². The van der Waals surface area contributed by atoms with E-state index < -0.39 is 0 Å². The van der Waals surface area contributed by atoms with Crippen molar-refractivity contribution >= 4 is 18.0 Å². The van der Waals surface area contributed by atoms with E-state index in [1.807, 2.05) is 26.0 Å². The Morgan fingerprint density at radius 1 is 1.16 bits per heavy atom. The highest BCUT2D eigenvalue weighted by Gasteiger charge is 2.17. The zero-order chi connectivity index (χ0) is 18.5. The van der Waals surface area contributed by atoms with Crippen LogP contribution in [0.5, 0.6) is 0 Å². The van der Waals surface area contributed by atoms with Gasteiger partial charge >= 0.3 is 0 Å². The van der Waals surface area contributed by atoms with E-state index in [1.54, 1.807) is 13.1 Å². The number of amides is 2. The molecule has 0 fully saturated rings. The number of nitrogens with one attached hydrogen (secondary N) is 1. The number of carbonyl (C=O) groups excluding carboxylic acids is 2. The van der Waals surface area contributed by atoms with Crippen molar-refractivity contribution in [2.24, 2.45) is 0 Å². The van der Waals surface area contributed by atoms with Gasteiger partial charge in [-0.3, -0.25) is 14.5 Å². The first-order chi connectivity index (χ1) is 12.1. The van der Waals surface area contributed by atoms with E-state index in [0.29, 0.717) is 31.7 Å². The quantitative estimate of drug-likeness (QED) is 0.255.